The van der Waals surface area contributed by atoms with Gasteiger partial charge in [-0.1, -0.05) is 67.4 Å². The topological polar surface area (TPSA) is 86.8 Å². The molecule has 0 saturated carbocycles. The van der Waals surface area contributed by atoms with Gasteiger partial charge in [-0.15, -0.1) is 0 Å². The Hall–Kier alpha value is -3.43. The summed E-state index contributed by atoms with van der Waals surface area (Å²) in [6.07, 6.45) is 0.981. The van der Waals surface area contributed by atoms with Crippen molar-refractivity contribution in [3.63, 3.8) is 0 Å². The minimum absolute atomic E-state index is 0.0259. The number of carbonyl (C=O) groups excluding carboxylic acids is 2. The maximum Gasteiger partial charge on any atom is 0.264 e. The van der Waals surface area contributed by atoms with Gasteiger partial charge >= 0.3 is 0 Å². The Morgan fingerprint density at radius 2 is 1.57 bits per heavy atom. The Morgan fingerprint density at radius 1 is 0.950 bits per heavy atom. The summed E-state index contributed by atoms with van der Waals surface area (Å²) in [5.41, 5.74) is 1.28. The van der Waals surface area contributed by atoms with Crippen LogP contribution in [-0.4, -0.2) is 43.8 Å². The summed E-state index contributed by atoms with van der Waals surface area (Å²) in [6, 6.07) is 17.3. The van der Waals surface area contributed by atoms with Crippen LogP contribution in [0, 0.1) is 12.7 Å². The summed E-state index contributed by atoms with van der Waals surface area (Å²) in [5, 5.41) is 3.43. The van der Waals surface area contributed by atoms with Gasteiger partial charge in [-0.25, -0.2) is 12.8 Å². The van der Waals surface area contributed by atoms with E-state index in [0.29, 0.717) is 17.0 Å². The second kappa shape index (κ2) is 13.8. The van der Waals surface area contributed by atoms with Gasteiger partial charge in [-0.3, -0.25) is 13.9 Å². The number of para-hydroxylation sites is 1. The van der Waals surface area contributed by atoms with Crippen molar-refractivity contribution in [2.24, 2.45) is 0 Å². The van der Waals surface area contributed by atoms with Crippen molar-refractivity contribution in [3.05, 3.63) is 94.8 Å². The summed E-state index contributed by atoms with van der Waals surface area (Å²) < 4.78 is 43.4. The minimum atomic E-state index is -4.35. The molecule has 2 amide bonds. The van der Waals surface area contributed by atoms with Gasteiger partial charge in [-0.05, 0) is 68.7 Å². The first-order valence-electron chi connectivity index (χ1n) is 13.2. The normalized spacial score (nSPS) is 12.8. The predicted molar refractivity (Wildman–Crippen MR) is 156 cm³/mol. The second-order valence-electron chi connectivity index (χ2n) is 9.67. The molecule has 0 radical (unpaired) electrons. The molecule has 10 heteroatoms. The van der Waals surface area contributed by atoms with E-state index < -0.39 is 34.3 Å². The van der Waals surface area contributed by atoms with Crippen LogP contribution in [0.3, 0.4) is 0 Å². The number of amides is 2. The van der Waals surface area contributed by atoms with Gasteiger partial charge in [0.25, 0.3) is 10.0 Å². The average molecular weight is 588 g/mol. The number of nitrogens with one attached hydrogen (secondary N) is 1. The number of hydrogen-bond acceptors (Lipinski definition) is 4. The van der Waals surface area contributed by atoms with Gasteiger partial charge in [0, 0.05) is 17.6 Å². The molecular formula is C30H35ClFN3O4S. The van der Waals surface area contributed by atoms with Crippen molar-refractivity contribution >= 4 is 39.1 Å². The van der Waals surface area contributed by atoms with Crippen LogP contribution >= 0.6 is 11.6 Å². The van der Waals surface area contributed by atoms with Crippen LogP contribution in [0.4, 0.5) is 10.1 Å². The lowest BCUT2D eigenvalue weighted by Gasteiger charge is -2.33. The zero-order valence-corrected chi connectivity index (χ0v) is 24.7. The van der Waals surface area contributed by atoms with Gasteiger partial charge in [0.2, 0.25) is 11.8 Å². The third-order valence-electron chi connectivity index (χ3n) is 6.66. The molecule has 0 aliphatic heterocycles. The Bertz CT molecular complexity index is 1420. The van der Waals surface area contributed by atoms with E-state index in [-0.39, 0.29) is 35.5 Å². The van der Waals surface area contributed by atoms with Gasteiger partial charge in [-0.2, -0.15) is 0 Å². The van der Waals surface area contributed by atoms with E-state index in [1.165, 1.54) is 35.2 Å². The highest BCUT2D eigenvalue weighted by Gasteiger charge is 2.34. The van der Waals surface area contributed by atoms with Crippen LogP contribution in [0.15, 0.2) is 77.7 Å². The Labute approximate surface area is 241 Å². The predicted octanol–water partition coefficient (Wildman–Crippen LogP) is 5.70. The summed E-state index contributed by atoms with van der Waals surface area (Å²) in [5.74, 6) is -1.80. The molecule has 0 saturated heterocycles. The maximum atomic E-state index is 15.0. The van der Waals surface area contributed by atoms with E-state index in [9.17, 15) is 18.0 Å². The van der Waals surface area contributed by atoms with Gasteiger partial charge < -0.3 is 10.2 Å². The number of anilines is 1. The quantitative estimate of drug-likeness (QED) is 0.294. The summed E-state index contributed by atoms with van der Waals surface area (Å²) in [6.45, 7) is 6.71. The molecule has 1 N–H and O–H groups in total. The average Bonchev–Trinajstić information content (AvgIpc) is 2.93. The minimum Gasteiger partial charge on any atom is -0.352 e. The van der Waals surface area contributed by atoms with E-state index in [4.69, 9.17) is 11.6 Å². The molecule has 0 unspecified atom stereocenters. The third-order valence-corrected chi connectivity index (χ3v) is 8.69. The van der Waals surface area contributed by atoms with E-state index in [1.807, 2.05) is 20.8 Å². The van der Waals surface area contributed by atoms with E-state index in [1.54, 1.807) is 43.3 Å². The zero-order chi connectivity index (χ0) is 29.4. The lowest BCUT2D eigenvalue weighted by molar-refractivity contribution is -0.140. The van der Waals surface area contributed by atoms with Crippen LogP contribution in [0.2, 0.25) is 5.02 Å². The van der Waals surface area contributed by atoms with Crippen molar-refractivity contribution in [1.82, 2.24) is 10.2 Å². The van der Waals surface area contributed by atoms with Crippen LogP contribution in [0.25, 0.3) is 0 Å². The van der Waals surface area contributed by atoms with Crippen molar-refractivity contribution in [1.29, 1.82) is 0 Å². The van der Waals surface area contributed by atoms with Crippen molar-refractivity contribution < 1.29 is 22.4 Å². The van der Waals surface area contributed by atoms with Crippen LogP contribution < -0.4 is 9.62 Å². The molecule has 3 aromatic carbocycles. The molecule has 3 aromatic rings. The molecule has 214 valence electrons. The smallest absolute Gasteiger partial charge is 0.264 e. The largest absolute Gasteiger partial charge is 0.352 e. The third kappa shape index (κ3) is 7.61. The molecule has 0 spiro atoms. The second-order valence-corrected chi connectivity index (χ2v) is 12.0. The first kappa shape index (κ1) is 31.1. The Kier molecular flexibility index (Phi) is 10.7. The number of aryl methyl sites for hydroxylation is 1. The number of sulfonamides is 1. The highest BCUT2D eigenvalue weighted by atomic mass is 35.5. The summed E-state index contributed by atoms with van der Waals surface area (Å²) >= 11 is 6.04. The first-order chi connectivity index (χ1) is 19.0. The fraction of sp³-hybridized carbons (Fsp3) is 0.333. The number of halogens is 2. The van der Waals surface area contributed by atoms with Gasteiger partial charge in [0.1, 0.15) is 18.4 Å². The first-order valence-corrected chi connectivity index (χ1v) is 15.0. The molecular weight excluding hydrogens is 553 g/mol. The van der Waals surface area contributed by atoms with Crippen LogP contribution in [-0.2, 0) is 26.2 Å². The number of nitrogens with zero attached hydrogens (tertiary/aromatic N) is 2. The Morgan fingerprint density at radius 3 is 2.15 bits per heavy atom. The zero-order valence-electron chi connectivity index (χ0n) is 23.1. The standard InChI is InChI=1S/C30H35ClFN3O4S/c1-5-22(4)33-30(37)27(6-2)34(19-23-13-15-24(31)16-14-23)29(36)20-35(28-10-8-7-9-26(28)32)40(38,39)25-17-11-21(3)12-18-25/h7-18,22,27H,5-6,19-20H2,1-4H3,(H,33,37)/t22-,27+/m0/s1. The number of hydrogen-bond donors (Lipinski definition) is 1. The van der Waals surface area contributed by atoms with E-state index >= 15 is 4.39 Å². The molecule has 0 aliphatic carbocycles. The number of carbonyl (C=O) groups is 2. The monoisotopic (exact) mass is 587 g/mol. The van der Waals surface area contributed by atoms with Crippen molar-refractivity contribution in [2.45, 2.75) is 64.1 Å². The summed E-state index contributed by atoms with van der Waals surface area (Å²) in [4.78, 5) is 28.5. The van der Waals surface area contributed by atoms with Crippen molar-refractivity contribution in [2.75, 3.05) is 10.8 Å². The fourth-order valence-corrected chi connectivity index (χ4v) is 5.70. The van der Waals surface area contributed by atoms with E-state index in [0.717, 1.165) is 15.9 Å². The Balaban J connectivity index is 2.06. The lowest BCUT2D eigenvalue weighted by atomic mass is 10.1. The highest BCUT2D eigenvalue weighted by molar-refractivity contribution is 7.92. The summed E-state index contributed by atoms with van der Waals surface area (Å²) in [7, 11) is -4.35. The maximum absolute atomic E-state index is 15.0. The molecule has 0 aliphatic rings. The van der Waals surface area contributed by atoms with Crippen LogP contribution in [0.1, 0.15) is 44.7 Å². The van der Waals surface area contributed by atoms with Gasteiger partial charge in [0.15, 0.2) is 0 Å². The number of benzene rings is 3. The molecule has 40 heavy (non-hydrogen) atoms. The van der Waals surface area contributed by atoms with Gasteiger partial charge in [0.05, 0.1) is 10.6 Å². The van der Waals surface area contributed by atoms with Crippen LogP contribution in [0.5, 0.6) is 0 Å². The molecule has 7 nitrogen and oxygen atoms in total. The molecule has 0 heterocycles. The fourth-order valence-electron chi connectivity index (χ4n) is 4.15. The highest BCUT2D eigenvalue weighted by Crippen LogP contribution is 2.27. The lowest BCUT2D eigenvalue weighted by Crippen LogP contribution is -2.53. The van der Waals surface area contributed by atoms with Crippen molar-refractivity contribution in [3.8, 4) is 0 Å². The molecule has 0 bridgehead atoms. The molecule has 3 rings (SSSR count). The number of rotatable bonds is 12. The molecule has 0 fully saturated rings. The molecule has 2 atom stereocenters. The van der Waals surface area contributed by atoms with E-state index in [2.05, 4.69) is 5.32 Å². The molecule has 0 aromatic heterocycles. The SMILES string of the molecule is CC[C@H](C(=O)N[C@@H](C)CC)N(Cc1ccc(Cl)cc1)C(=O)CN(c1ccccc1F)S(=O)(=O)c1ccc(C)cc1.